The predicted molar refractivity (Wildman–Crippen MR) is 93.1 cm³/mol. The van der Waals surface area contributed by atoms with Crippen LogP contribution in [0.4, 0.5) is 0 Å². The molecule has 0 radical (unpaired) electrons. The molecule has 7 heteroatoms. The fourth-order valence-electron chi connectivity index (χ4n) is 2.17. The highest BCUT2D eigenvalue weighted by molar-refractivity contribution is 7.20. The van der Waals surface area contributed by atoms with Gasteiger partial charge in [-0.05, 0) is 31.4 Å². The van der Waals surface area contributed by atoms with Crippen molar-refractivity contribution >= 4 is 33.3 Å². The second kappa shape index (κ2) is 8.01. The summed E-state index contributed by atoms with van der Waals surface area (Å²) >= 11 is 1.36. The van der Waals surface area contributed by atoms with Crippen LogP contribution in [-0.4, -0.2) is 38.7 Å². The van der Waals surface area contributed by atoms with Gasteiger partial charge in [-0.2, -0.15) is 0 Å². The molecule has 0 saturated carbocycles. The van der Waals surface area contributed by atoms with Crippen molar-refractivity contribution in [1.82, 2.24) is 5.32 Å². The number of rotatable bonds is 7. The molecule has 0 saturated heterocycles. The second-order valence-electron chi connectivity index (χ2n) is 5.40. The number of benzene rings is 1. The minimum absolute atomic E-state index is 0.149. The molecule has 0 aliphatic carbocycles. The van der Waals surface area contributed by atoms with E-state index in [9.17, 15) is 9.59 Å². The van der Waals surface area contributed by atoms with E-state index in [0.717, 1.165) is 10.1 Å². The lowest BCUT2D eigenvalue weighted by Gasteiger charge is -2.07. The van der Waals surface area contributed by atoms with Crippen molar-refractivity contribution in [3.8, 4) is 11.5 Å². The van der Waals surface area contributed by atoms with Crippen LogP contribution in [0.2, 0.25) is 0 Å². The van der Waals surface area contributed by atoms with E-state index in [0.29, 0.717) is 16.4 Å². The highest BCUT2D eigenvalue weighted by atomic mass is 32.1. The lowest BCUT2D eigenvalue weighted by molar-refractivity contribution is -0.147. The van der Waals surface area contributed by atoms with Crippen molar-refractivity contribution in [3.05, 3.63) is 23.1 Å². The molecule has 1 N–H and O–H groups in total. The molecule has 0 atom stereocenters. The molecule has 2 aromatic rings. The number of esters is 1. The van der Waals surface area contributed by atoms with Crippen LogP contribution in [0.1, 0.15) is 29.9 Å². The van der Waals surface area contributed by atoms with Crippen LogP contribution in [0.15, 0.2) is 18.2 Å². The van der Waals surface area contributed by atoms with Crippen molar-refractivity contribution in [2.45, 2.75) is 26.4 Å². The quantitative estimate of drug-likeness (QED) is 0.776. The van der Waals surface area contributed by atoms with Crippen molar-refractivity contribution < 1.29 is 23.8 Å². The maximum absolute atomic E-state index is 12.2. The molecule has 130 valence electrons. The average molecular weight is 351 g/mol. The summed E-state index contributed by atoms with van der Waals surface area (Å²) in [4.78, 5) is 24.2. The minimum Gasteiger partial charge on any atom is -0.493 e. The zero-order valence-electron chi connectivity index (χ0n) is 14.2. The second-order valence-corrected chi connectivity index (χ2v) is 6.48. The third kappa shape index (κ3) is 4.38. The SMILES string of the molecule is COc1cc2cc(C(=O)NCCC(=O)OC(C)C)sc2cc1OC. The fraction of sp³-hybridized carbons (Fsp3) is 0.412. The number of methoxy groups -OCH3 is 2. The number of carbonyl (C=O) groups excluding carboxylic acids is 2. The zero-order valence-corrected chi connectivity index (χ0v) is 15.0. The first-order valence-corrected chi connectivity index (χ1v) is 8.39. The normalized spacial score (nSPS) is 10.7. The molecule has 0 spiro atoms. The van der Waals surface area contributed by atoms with Gasteiger partial charge in [0.15, 0.2) is 11.5 Å². The number of hydrogen-bond acceptors (Lipinski definition) is 6. The van der Waals surface area contributed by atoms with Gasteiger partial charge in [-0.15, -0.1) is 11.3 Å². The number of hydrogen-bond donors (Lipinski definition) is 1. The Balaban J connectivity index is 2.03. The van der Waals surface area contributed by atoms with Gasteiger partial charge in [0.05, 0.1) is 31.6 Å². The molecule has 0 aliphatic heterocycles. The summed E-state index contributed by atoms with van der Waals surface area (Å²) < 4.78 is 16.5. The fourth-order valence-corrected chi connectivity index (χ4v) is 3.15. The summed E-state index contributed by atoms with van der Waals surface area (Å²) in [6.45, 7) is 3.82. The average Bonchev–Trinajstić information content (AvgIpc) is 2.95. The largest absolute Gasteiger partial charge is 0.493 e. The summed E-state index contributed by atoms with van der Waals surface area (Å²) in [6, 6.07) is 5.47. The molecule has 0 fully saturated rings. The van der Waals surface area contributed by atoms with E-state index in [4.69, 9.17) is 14.2 Å². The molecule has 0 aliphatic rings. The molecular formula is C17H21NO5S. The van der Waals surface area contributed by atoms with Crippen LogP contribution in [-0.2, 0) is 9.53 Å². The first-order chi connectivity index (χ1) is 11.4. The lowest BCUT2D eigenvalue weighted by Crippen LogP contribution is -2.26. The Labute approximate surface area is 144 Å². The van der Waals surface area contributed by atoms with Gasteiger partial charge < -0.3 is 19.5 Å². The molecule has 1 aromatic carbocycles. The highest BCUT2D eigenvalue weighted by Gasteiger charge is 2.14. The van der Waals surface area contributed by atoms with Crippen LogP contribution in [0.5, 0.6) is 11.5 Å². The number of amides is 1. The Morgan fingerprint density at radius 3 is 2.42 bits per heavy atom. The van der Waals surface area contributed by atoms with Crippen molar-refractivity contribution in [2.75, 3.05) is 20.8 Å². The standard InChI is InChI=1S/C17H21NO5S/c1-10(2)23-16(19)5-6-18-17(20)15-8-11-7-12(21-3)13(22-4)9-14(11)24-15/h7-10H,5-6H2,1-4H3,(H,18,20). The van der Waals surface area contributed by atoms with Gasteiger partial charge in [0.2, 0.25) is 0 Å². The lowest BCUT2D eigenvalue weighted by atomic mass is 10.2. The smallest absolute Gasteiger partial charge is 0.307 e. The zero-order chi connectivity index (χ0) is 17.7. The summed E-state index contributed by atoms with van der Waals surface area (Å²) in [5, 5.41) is 3.63. The van der Waals surface area contributed by atoms with E-state index in [1.165, 1.54) is 11.3 Å². The van der Waals surface area contributed by atoms with Crippen LogP contribution >= 0.6 is 11.3 Å². The molecular weight excluding hydrogens is 330 g/mol. The van der Waals surface area contributed by atoms with E-state index < -0.39 is 0 Å². The van der Waals surface area contributed by atoms with Crippen LogP contribution in [0.25, 0.3) is 10.1 Å². The van der Waals surface area contributed by atoms with Gasteiger partial charge in [0, 0.05) is 17.3 Å². The number of thiophene rings is 1. The Kier molecular flexibility index (Phi) is 6.03. The molecule has 0 bridgehead atoms. The molecule has 1 aromatic heterocycles. The van der Waals surface area contributed by atoms with Gasteiger partial charge in [-0.3, -0.25) is 9.59 Å². The van der Waals surface area contributed by atoms with E-state index >= 15 is 0 Å². The summed E-state index contributed by atoms with van der Waals surface area (Å²) in [7, 11) is 3.14. The van der Waals surface area contributed by atoms with E-state index in [2.05, 4.69) is 5.32 Å². The third-order valence-electron chi connectivity index (χ3n) is 3.23. The Hall–Kier alpha value is -2.28. The highest BCUT2D eigenvalue weighted by Crippen LogP contribution is 2.36. The van der Waals surface area contributed by atoms with Crippen LogP contribution < -0.4 is 14.8 Å². The van der Waals surface area contributed by atoms with Gasteiger partial charge in [-0.1, -0.05) is 0 Å². The van der Waals surface area contributed by atoms with Gasteiger partial charge in [-0.25, -0.2) is 0 Å². The molecule has 2 rings (SSSR count). The molecule has 0 unspecified atom stereocenters. The van der Waals surface area contributed by atoms with Crippen LogP contribution in [0, 0.1) is 0 Å². The summed E-state index contributed by atoms with van der Waals surface area (Å²) in [6.07, 6.45) is -0.00281. The minimum atomic E-state index is -0.323. The number of fused-ring (bicyclic) bond motifs is 1. The third-order valence-corrected chi connectivity index (χ3v) is 4.32. The predicted octanol–water partition coefficient (Wildman–Crippen LogP) is 2.99. The maximum atomic E-state index is 12.2. The van der Waals surface area contributed by atoms with Gasteiger partial charge >= 0.3 is 5.97 Å². The number of nitrogens with one attached hydrogen (secondary N) is 1. The first kappa shape index (κ1) is 18.1. The monoisotopic (exact) mass is 351 g/mol. The Bertz CT molecular complexity index is 697. The number of carbonyl (C=O) groups is 2. The first-order valence-electron chi connectivity index (χ1n) is 7.57. The Morgan fingerprint density at radius 2 is 1.79 bits per heavy atom. The van der Waals surface area contributed by atoms with Gasteiger partial charge in [0.25, 0.3) is 5.91 Å². The molecule has 24 heavy (non-hydrogen) atoms. The Morgan fingerprint density at radius 1 is 1.12 bits per heavy atom. The number of ether oxygens (including phenoxy) is 3. The van der Waals surface area contributed by atoms with E-state index in [1.807, 2.05) is 12.1 Å². The maximum Gasteiger partial charge on any atom is 0.307 e. The summed E-state index contributed by atoms with van der Waals surface area (Å²) in [5.74, 6) is 0.698. The molecule has 1 amide bonds. The molecule has 6 nitrogen and oxygen atoms in total. The van der Waals surface area contributed by atoms with Gasteiger partial charge in [0.1, 0.15) is 0 Å². The molecule has 1 heterocycles. The van der Waals surface area contributed by atoms with Crippen molar-refractivity contribution in [1.29, 1.82) is 0 Å². The summed E-state index contributed by atoms with van der Waals surface area (Å²) in [5.41, 5.74) is 0. The van der Waals surface area contributed by atoms with E-state index in [1.54, 1.807) is 34.1 Å². The van der Waals surface area contributed by atoms with Crippen molar-refractivity contribution in [2.24, 2.45) is 0 Å². The topological polar surface area (TPSA) is 73.9 Å². The van der Waals surface area contributed by atoms with E-state index in [-0.39, 0.29) is 30.9 Å². The van der Waals surface area contributed by atoms with Crippen molar-refractivity contribution in [3.63, 3.8) is 0 Å². The van der Waals surface area contributed by atoms with Crippen LogP contribution in [0.3, 0.4) is 0 Å².